The second-order valence-corrected chi connectivity index (χ2v) is 6.20. The fourth-order valence-electron chi connectivity index (χ4n) is 0.812. The third kappa shape index (κ3) is 3.08. The van der Waals surface area contributed by atoms with Crippen molar-refractivity contribution in [2.45, 2.75) is 10.8 Å². The molecule has 1 aliphatic carbocycles. The second kappa shape index (κ2) is 4.05. The molecule has 1 saturated carbocycles. The van der Waals surface area contributed by atoms with E-state index in [4.69, 9.17) is 27.7 Å². The van der Waals surface area contributed by atoms with E-state index in [0.717, 1.165) is 0 Å². The largest absolute Gasteiger partial charge is 0.474 e. The summed E-state index contributed by atoms with van der Waals surface area (Å²) in [5, 5.41) is 0. The number of phosphoric ester groups is 1. The first-order valence-electron chi connectivity index (χ1n) is 3.67. The van der Waals surface area contributed by atoms with Crippen molar-refractivity contribution in [3.05, 3.63) is 0 Å². The van der Waals surface area contributed by atoms with Gasteiger partial charge in [0.05, 0.1) is 6.61 Å². The summed E-state index contributed by atoms with van der Waals surface area (Å²) in [5.41, 5.74) is 0. The molecule has 1 rings (SSSR count). The fourth-order valence-corrected chi connectivity index (χ4v) is 2.03. The summed E-state index contributed by atoms with van der Waals surface area (Å²) in [4.78, 5) is 0. The van der Waals surface area contributed by atoms with Crippen LogP contribution in [0.5, 0.6) is 0 Å². The van der Waals surface area contributed by atoms with Gasteiger partial charge in [-0.2, -0.15) is 0 Å². The van der Waals surface area contributed by atoms with Crippen molar-refractivity contribution in [1.29, 1.82) is 0 Å². The molecule has 0 N–H and O–H groups in total. The maximum atomic E-state index is 11.3. The number of rotatable bonds is 5. The average Bonchev–Trinajstić information content (AvgIpc) is 2.70. The molecule has 1 atom stereocenters. The summed E-state index contributed by atoms with van der Waals surface area (Å²) in [6.07, 6.45) is 0.642. The van der Waals surface area contributed by atoms with Gasteiger partial charge in [-0.15, -0.1) is 23.2 Å². The highest BCUT2D eigenvalue weighted by atomic mass is 35.5. The first-order valence-corrected chi connectivity index (χ1v) is 5.89. The van der Waals surface area contributed by atoms with Crippen LogP contribution in [-0.4, -0.2) is 25.2 Å². The summed E-state index contributed by atoms with van der Waals surface area (Å²) in [6, 6.07) is 0. The lowest BCUT2D eigenvalue weighted by Crippen LogP contribution is -2.02. The Balaban J connectivity index is 2.30. The van der Waals surface area contributed by atoms with E-state index in [-0.39, 0.29) is 12.5 Å². The average molecular weight is 249 g/mol. The van der Waals surface area contributed by atoms with Crippen LogP contribution in [0.4, 0.5) is 0 Å². The molecular weight excluding hydrogens is 238 g/mol. The number of alkyl halides is 2. The van der Waals surface area contributed by atoms with Crippen LogP contribution in [0, 0.1) is 5.92 Å². The van der Waals surface area contributed by atoms with Crippen LogP contribution in [0.3, 0.4) is 0 Å². The van der Waals surface area contributed by atoms with Crippen LogP contribution < -0.4 is 0 Å². The van der Waals surface area contributed by atoms with Gasteiger partial charge in [0.15, 0.2) is 0 Å². The van der Waals surface area contributed by atoms with Gasteiger partial charge in [0.25, 0.3) is 0 Å². The molecule has 78 valence electrons. The van der Waals surface area contributed by atoms with Gasteiger partial charge in [0.1, 0.15) is 4.33 Å². The van der Waals surface area contributed by atoms with E-state index in [1.165, 1.54) is 14.2 Å². The standard InChI is InChI=1S/C6H11Cl2O4P/c1-10-13(9,11-2)12-4-5-3-6(5,7)8/h5H,3-4H2,1-2H3. The lowest BCUT2D eigenvalue weighted by atomic mass is 10.5. The molecule has 1 unspecified atom stereocenters. The van der Waals surface area contributed by atoms with Crippen molar-refractivity contribution < 1.29 is 18.1 Å². The van der Waals surface area contributed by atoms with Crippen molar-refractivity contribution in [3.8, 4) is 0 Å². The summed E-state index contributed by atoms with van der Waals surface area (Å²) in [5.74, 6) is 0.00876. The molecule has 0 aromatic carbocycles. The Morgan fingerprint density at radius 3 is 2.23 bits per heavy atom. The zero-order valence-electron chi connectivity index (χ0n) is 7.33. The normalized spacial score (nSPS) is 26.0. The van der Waals surface area contributed by atoms with E-state index < -0.39 is 12.2 Å². The lowest BCUT2D eigenvalue weighted by molar-refractivity contribution is 0.147. The number of hydrogen-bond donors (Lipinski definition) is 0. The summed E-state index contributed by atoms with van der Waals surface area (Å²) < 4.78 is 24.7. The van der Waals surface area contributed by atoms with Crippen LogP contribution >= 0.6 is 31.0 Å². The van der Waals surface area contributed by atoms with Crippen molar-refractivity contribution in [1.82, 2.24) is 0 Å². The molecule has 0 aliphatic heterocycles. The highest BCUT2D eigenvalue weighted by Gasteiger charge is 2.52. The first-order chi connectivity index (χ1) is 5.93. The second-order valence-electron chi connectivity index (χ2n) is 2.77. The van der Waals surface area contributed by atoms with Gasteiger partial charge in [-0.3, -0.25) is 13.6 Å². The van der Waals surface area contributed by atoms with Crippen molar-refractivity contribution >= 4 is 31.0 Å². The van der Waals surface area contributed by atoms with E-state index >= 15 is 0 Å². The monoisotopic (exact) mass is 248 g/mol. The van der Waals surface area contributed by atoms with E-state index in [9.17, 15) is 4.57 Å². The molecule has 0 saturated heterocycles. The summed E-state index contributed by atoms with van der Waals surface area (Å²) in [7, 11) is -0.857. The minimum absolute atomic E-state index is 0.00876. The summed E-state index contributed by atoms with van der Waals surface area (Å²) in [6.45, 7) is 0.186. The van der Waals surface area contributed by atoms with Crippen LogP contribution in [-0.2, 0) is 18.1 Å². The molecule has 4 nitrogen and oxygen atoms in total. The molecule has 13 heavy (non-hydrogen) atoms. The van der Waals surface area contributed by atoms with Crippen LogP contribution in [0.1, 0.15) is 6.42 Å². The predicted octanol–water partition coefficient (Wildman–Crippen LogP) is 2.60. The Labute approximate surface area is 87.1 Å². The molecule has 1 aliphatic rings. The maximum absolute atomic E-state index is 11.3. The van der Waals surface area contributed by atoms with Crippen molar-refractivity contribution in [3.63, 3.8) is 0 Å². The smallest absolute Gasteiger partial charge is 0.290 e. The van der Waals surface area contributed by atoms with Crippen molar-refractivity contribution in [2.24, 2.45) is 5.92 Å². The van der Waals surface area contributed by atoms with Crippen LogP contribution in [0.15, 0.2) is 0 Å². The minimum Gasteiger partial charge on any atom is -0.290 e. The highest BCUT2D eigenvalue weighted by Crippen LogP contribution is 2.56. The fraction of sp³-hybridized carbons (Fsp3) is 1.00. The number of halogens is 2. The van der Waals surface area contributed by atoms with E-state index in [2.05, 4.69) is 9.05 Å². The molecular formula is C6H11Cl2O4P. The summed E-state index contributed by atoms with van der Waals surface area (Å²) >= 11 is 11.5. The molecule has 0 amide bonds. The van der Waals surface area contributed by atoms with Crippen LogP contribution in [0.2, 0.25) is 0 Å². The Morgan fingerprint density at radius 2 is 1.92 bits per heavy atom. The SMILES string of the molecule is COP(=O)(OC)OCC1CC1(Cl)Cl. The van der Waals surface area contributed by atoms with Crippen molar-refractivity contribution in [2.75, 3.05) is 20.8 Å². The molecule has 7 heteroatoms. The zero-order valence-corrected chi connectivity index (χ0v) is 9.73. The third-order valence-electron chi connectivity index (χ3n) is 1.84. The lowest BCUT2D eigenvalue weighted by Gasteiger charge is -2.12. The first kappa shape index (κ1) is 11.8. The molecule has 0 aromatic heterocycles. The maximum Gasteiger partial charge on any atom is 0.474 e. The Morgan fingerprint density at radius 1 is 1.46 bits per heavy atom. The van der Waals surface area contributed by atoms with E-state index in [1.807, 2.05) is 0 Å². The number of phosphoric acid groups is 1. The number of hydrogen-bond acceptors (Lipinski definition) is 4. The van der Waals surface area contributed by atoms with Gasteiger partial charge >= 0.3 is 7.82 Å². The highest BCUT2D eigenvalue weighted by molar-refractivity contribution is 7.48. The van der Waals surface area contributed by atoms with Gasteiger partial charge < -0.3 is 0 Å². The minimum atomic E-state index is -3.37. The Kier molecular flexibility index (Phi) is 3.67. The van der Waals surface area contributed by atoms with Gasteiger partial charge in [-0.05, 0) is 6.42 Å². The van der Waals surface area contributed by atoms with Gasteiger partial charge in [0, 0.05) is 20.1 Å². The Hall–Kier alpha value is 0.690. The molecule has 0 radical (unpaired) electrons. The third-order valence-corrected chi connectivity index (χ3v) is 4.12. The predicted molar refractivity (Wildman–Crippen MR) is 50.1 cm³/mol. The van der Waals surface area contributed by atoms with E-state index in [1.54, 1.807) is 0 Å². The molecule has 0 spiro atoms. The zero-order chi connectivity index (χ0) is 10.1. The van der Waals surface area contributed by atoms with Crippen LogP contribution in [0.25, 0.3) is 0 Å². The van der Waals surface area contributed by atoms with E-state index in [0.29, 0.717) is 6.42 Å². The molecule has 0 heterocycles. The molecule has 0 aromatic rings. The van der Waals surface area contributed by atoms with Gasteiger partial charge in [-0.1, -0.05) is 0 Å². The van der Waals surface area contributed by atoms with Gasteiger partial charge in [0.2, 0.25) is 0 Å². The molecule has 1 fully saturated rings. The molecule has 0 bridgehead atoms. The Bertz CT molecular complexity index is 225. The van der Waals surface area contributed by atoms with Gasteiger partial charge in [-0.25, -0.2) is 4.57 Å². The quantitative estimate of drug-likeness (QED) is 0.554. The topological polar surface area (TPSA) is 44.8 Å².